The number of halogens is 1. The second-order valence-corrected chi connectivity index (χ2v) is 9.97. The van der Waals surface area contributed by atoms with Gasteiger partial charge in [0, 0.05) is 12.2 Å². The van der Waals surface area contributed by atoms with Crippen LogP contribution in [0, 0.1) is 5.92 Å². The third kappa shape index (κ3) is 7.40. The molecule has 7 nitrogen and oxygen atoms in total. The molecule has 1 atom stereocenters. The first kappa shape index (κ1) is 23.2. The van der Waals surface area contributed by atoms with Gasteiger partial charge in [-0.15, -0.1) is 12.4 Å². The zero-order valence-corrected chi connectivity index (χ0v) is 17.4. The first-order valence-electron chi connectivity index (χ1n) is 8.63. The van der Waals surface area contributed by atoms with Crippen LogP contribution in [0.25, 0.3) is 0 Å². The van der Waals surface area contributed by atoms with Crippen LogP contribution in [0.3, 0.4) is 0 Å². The minimum Gasteiger partial charge on any atom is -0.316 e. The van der Waals surface area contributed by atoms with Crippen LogP contribution in [0.4, 0.5) is 5.69 Å². The van der Waals surface area contributed by atoms with Gasteiger partial charge in [-0.3, -0.25) is 4.72 Å². The minimum atomic E-state index is -3.59. The SMILES string of the molecule is CCCCS(=O)(=O)Nc1ccc(S(=O)(=O)NCC2CCCNC2)cc1.Cl. The molecule has 26 heavy (non-hydrogen) atoms. The highest BCUT2D eigenvalue weighted by molar-refractivity contribution is 7.92. The van der Waals surface area contributed by atoms with Crippen molar-refractivity contribution in [3.63, 3.8) is 0 Å². The van der Waals surface area contributed by atoms with Crippen LogP contribution in [0.2, 0.25) is 0 Å². The van der Waals surface area contributed by atoms with Gasteiger partial charge in [0.2, 0.25) is 20.0 Å². The van der Waals surface area contributed by atoms with Crippen molar-refractivity contribution in [1.29, 1.82) is 0 Å². The summed E-state index contributed by atoms with van der Waals surface area (Å²) in [6.45, 7) is 4.13. The van der Waals surface area contributed by atoms with Crippen molar-refractivity contribution in [3.05, 3.63) is 24.3 Å². The molecule has 1 aliphatic rings. The van der Waals surface area contributed by atoms with E-state index in [-0.39, 0.29) is 23.1 Å². The van der Waals surface area contributed by atoms with Gasteiger partial charge in [0.05, 0.1) is 10.6 Å². The predicted molar refractivity (Wildman–Crippen MR) is 107 cm³/mol. The smallest absolute Gasteiger partial charge is 0.240 e. The number of hydrogen-bond donors (Lipinski definition) is 3. The van der Waals surface area contributed by atoms with Crippen LogP contribution in [0.1, 0.15) is 32.6 Å². The Hall–Kier alpha value is -0.870. The molecule has 0 amide bonds. The summed E-state index contributed by atoms with van der Waals surface area (Å²) < 4.78 is 53.5. The lowest BCUT2D eigenvalue weighted by molar-refractivity contribution is 0.376. The summed E-state index contributed by atoms with van der Waals surface area (Å²) in [4.78, 5) is 0.132. The van der Waals surface area contributed by atoms with Crippen molar-refractivity contribution in [2.45, 2.75) is 37.5 Å². The van der Waals surface area contributed by atoms with Gasteiger partial charge >= 0.3 is 0 Å². The summed E-state index contributed by atoms with van der Waals surface area (Å²) in [5.74, 6) is 0.355. The van der Waals surface area contributed by atoms with Gasteiger partial charge in [0.25, 0.3) is 0 Å². The zero-order valence-electron chi connectivity index (χ0n) is 14.9. The number of sulfonamides is 2. The Morgan fingerprint density at radius 1 is 1.15 bits per heavy atom. The van der Waals surface area contributed by atoms with E-state index in [1.54, 1.807) is 0 Å². The van der Waals surface area contributed by atoms with E-state index in [1.165, 1.54) is 24.3 Å². The van der Waals surface area contributed by atoms with Crippen LogP contribution >= 0.6 is 12.4 Å². The van der Waals surface area contributed by atoms with Gasteiger partial charge in [-0.2, -0.15) is 0 Å². The third-order valence-electron chi connectivity index (χ3n) is 4.17. The van der Waals surface area contributed by atoms with Gasteiger partial charge in [0.15, 0.2) is 0 Å². The number of benzene rings is 1. The van der Waals surface area contributed by atoms with E-state index in [9.17, 15) is 16.8 Å². The molecule has 1 heterocycles. The second-order valence-electron chi connectivity index (χ2n) is 6.36. The summed E-state index contributed by atoms with van der Waals surface area (Å²) in [7, 11) is -6.98. The molecule has 0 aliphatic carbocycles. The summed E-state index contributed by atoms with van der Waals surface area (Å²) in [6.07, 6.45) is 3.44. The van der Waals surface area contributed by atoms with E-state index in [0.717, 1.165) is 32.4 Å². The van der Waals surface area contributed by atoms with Crippen molar-refractivity contribution in [2.75, 3.05) is 30.1 Å². The Kier molecular flexibility index (Phi) is 9.32. The minimum absolute atomic E-state index is 0. The van der Waals surface area contributed by atoms with Gasteiger partial charge in [0.1, 0.15) is 0 Å². The van der Waals surface area contributed by atoms with Crippen molar-refractivity contribution >= 4 is 38.1 Å². The zero-order chi connectivity index (χ0) is 18.3. The number of rotatable bonds is 9. The van der Waals surface area contributed by atoms with Crippen molar-refractivity contribution in [3.8, 4) is 0 Å². The lowest BCUT2D eigenvalue weighted by Gasteiger charge is -2.22. The van der Waals surface area contributed by atoms with E-state index in [1.807, 2.05) is 6.92 Å². The number of hydrogen-bond acceptors (Lipinski definition) is 5. The Labute approximate surface area is 162 Å². The fourth-order valence-electron chi connectivity index (χ4n) is 2.68. The van der Waals surface area contributed by atoms with Crippen LogP contribution in [-0.2, 0) is 20.0 Å². The molecule has 3 N–H and O–H groups in total. The molecule has 1 aromatic carbocycles. The molecule has 0 radical (unpaired) electrons. The van der Waals surface area contributed by atoms with Crippen molar-refractivity contribution in [1.82, 2.24) is 10.0 Å². The maximum Gasteiger partial charge on any atom is 0.240 e. The molecule has 0 aromatic heterocycles. The first-order chi connectivity index (χ1) is 11.8. The van der Waals surface area contributed by atoms with Crippen LogP contribution in [0.5, 0.6) is 0 Å². The first-order valence-corrected chi connectivity index (χ1v) is 11.8. The fourth-order valence-corrected chi connectivity index (χ4v) is 5.06. The number of piperidine rings is 1. The van der Waals surface area contributed by atoms with Gasteiger partial charge in [-0.25, -0.2) is 21.6 Å². The fraction of sp³-hybridized carbons (Fsp3) is 0.625. The standard InChI is InChI=1S/C16H27N3O4S2.ClH/c1-2-3-11-24(20,21)19-15-6-8-16(9-7-15)25(22,23)18-13-14-5-4-10-17-12-14;/h6-9,14,17-19H,2-5,10-13H2,1H3;1H. The monoisotopic (exact) mass is 425 g/mol. The lowest BCUT2D eigenvalue weighted by Crippen LogP contribution is -2.38. The molecular formula is C16H28ClN3O4S2. The Balaban J connectivity index is 0.00000338. The molecule has 150 valence electrons. The predicted octanol–water partition coefficient (Wildman–Crippen LogP) is 1.93. The van der Waals surface area contributed by atoms with E-state index >= 15 is 0 Å². The molecule has 10 heteroatoms. The molecule has 2 rings (SSSR count). The molecule has 1 saturated heterocycles. The Morgan fingerprint density at radius 3 is 2.42 bits per heavy atom. The highest BCUT2D eigenvalue weighted by atomic mass is 35.5. The lowest BCUT2D eigenvalue weighted by atomic mass is 10.0. The van der Waals surface area contributed by atoms with Crippen LogP contribution in [-0.4, -0.2) is 42.2 Å². The van der Waals surface area contributed by atoms with Crippen LogP contribution < -0.4 is 14.8 Å². The summed E-state index contributed by atoms with van der Waals surface area (Å²) in [5, 5.41) is 3.25. The molecule has 1 aliphatic heterocycles. The average molecular weight is 426 g/mol. The Bertz CT molecular complexity index is 746. The number of anilines is 1. The highest BCUT2D eigenvalue weighted by Crippen LogP contribution is 2.16. The maximum atomic E-state index is 12.3. The second kappa shape index (κ2) is 10.5. The summed E-state index contributed by atoms with van der Waals surface area (Å²) >= 11 is 0. The van der Waals surface area contributed by atoms with E-state index in [0.29, 0.717) is 24.6 Å². The normalized spacial score (nSPS) is 18.1. The van der Waals surface area contributed by atoms with Crippen molar-refractivity contribution < 1.29 is 16.8 Å². The van der Waals surface area contributed by atoms with E-state index < -0.39 is 20.0 Å². The topological polar surface area (TPSA) is 104 Å². The molecule has 1 unspecified atom stereocenters. The number of unbranched alkanes of at least 4 members (excludes halogenated alkanes) is 1. The molecule has 0 spiro atoms. The van der Waals surface area contributed by atoms with Gasteiger partial charge in [-0.1, -0.05) is 13.3 Å². The third-order valence-corrected chi connectivity index (χ3v) is 6.98. The van der Waals surface area contributed by atoms with Gasteiger partial charge in [-0.05, 0) is 62.5 Å². The molecule has 1 fully saturated rings. The summed E-state index contributed by atoms with van der Waals surface area (Å²) in [6, 6.07) is 5.78. The maximum absolute atomic E-state index is 12.3. The largest absolute Gasteiger partial charge is 0.316 e. The molecule has 0 saturated carbocycles. The number of nitrogens with one attached hydrogen (secondary N) is 3. The summed E-state index contributed by atoms with van der Waals surface area (Å²) in [5.41, 5.74) is 0.367. The van der Waals surface area contributed by atoms with Gasteiger partial charge < -0.3 is 5.32 Å². The van der Waals surface area contributed by atoms with E-state index in [2.05, 4.69) is 14.8 Å². The Morgan fingerprint density at radius 2 is 1.85 bits per heavy atom. The van der Waals surface area contributed by atoms with Crippen molar-refractivity contribution in [2.24, 2.45) is 5.92 Å². The average Bonchev–Trinajstić information content (AvgIpc) is 2.59. The van der Waals surface area contributed by atoms with E-state index in [4.69, 9.17) is 0 Å². The quantitative estimate of drug-likeness (QED) is 0.560. The molecule has 0 bridgehead atoms. The molecule has 1 aromatic rings. The van der Waals surface area contributed by atoms with Crippen LogP contribution in [0.15, 0.2) is 29.2 Å². The molecular weight excluding hydrogens is 398 g/mol. The highest BCUT2D eigenvalue weighted by Gasteiger charge is 2.19.